The van der Waals surface area contributed by atoms with Gasteiger partial charge in [0.2, 0.25) is 0 Å². The molecule has 37 heavy (non-hydrogen) atoms. The Balaban J connectivity index is 2.08. The first kappa shape index (κ1) is 27.2. The first-order valence-electron chi connectivity index (χ1n) is 11.5. The Morgan fingerprint density at radius 1 is 0.919 bits per heavy atom. The number of benzene rings is 2. The van der Waals surface area contributed by atoms with Gasteiger partial charge in [-0.3, -0.25) is 0 Å². The number of nitrogens with zero attached hydrogens (tertiary/aromatic N) is 1. The van der Waals surface area contributed by atoms with Crippen molar-refractivity contribution in [2.24, 2.45) is 0 Å². The molecule has 0 saturated heterocycles. The van der Waals surface area contributed by atoms with E-state index in [0.29, 0.717) is 23.3 Å². The van der Waals surface area contributed by atoms with Crippen LogP contribution in [0.15, 0.2) is 46.2 Å². The van der Waals surface area contributed by atoms with E-state index in [-0.39, 0.29) is 32.0 Å². The van der Waals surface area contributed by atoms with E-state index in [9.17, 15) is 30.4 Å². The molecule has 2 aromatic carbocycles. The van der Waals surface area contributed by atoms with E-state index in [1.165, 1.54) is 13.8 Å². The lowest BCUT2D eigenvalue weighted by Crippen LogP contribution is -2.38. The highest BCUT2D eigenvalue weighted by molar-refractivity contribution is 8.10. The molecule has 0 spiro atoms. The van der Waals surface area contributed by atoms with E-state index in [2.05, 4.69) is 0 Å². The van der Waals surface area contributed by atoms with Crippen LogP contribution in [-0.4, -0.2) is 29.4 Å². The summed E-state index contributed by atoms with van der Waals surface area (Å²) in [5.74, 6) is -2.22. The molecule has 0 amide bonds. The van der Waals surface area contributed by atoms with E-state index in [0.717, 1.165) is 60.6 Å². The molecule has 0 atom stereocenters. The standard InChI is InChI=1S/C25H25F2NO6S3/c1-4-34-25(29)23-19-7-5-6-8-20(19)35-24(23)28(36(30,31)21-11-9-17(26)13-15(21)2)37(32,33)22-12-10-18(27)14-16(22)3/h9-14H,4-8H2,1-3H3. The van der Waals surface area contributed by atoms with Crippen molar-refractivity contribution in [1.82, 2.24) is 0 Å². The van der Waals surface area contributed by atoms with Gasteiger partial charge in [-0.15, -0.1) is 15.0 Å². The number of hydrogen-bond donors (Lipinski definition) is 0. The molecule has 0 fully saturated rings. The van der Waals surface area contributed by atoms with Crippen LogP contribution in [0.4, 0.5) is 13.8 Å². The molecular weight excluding hydrogens is 544 g/mol. The monoisotopic (exact) mass is 569 g/mol. The fourth-order valence-electron chi connectivity index (χ4n) is 4.42. The number of hydrogen-bond acceptors (Lipinski definition) is 7. The van der Waals surface area contributed by atoms with Gasteiger partial charge >= 0.3 is 5.97 Å². The van der Waals surface area contributed by atoms with Gasteiger partial charge in [-0.2, -0.15) is 16.8 Å². The normalized spacial score (nSPS) is 13.8. The summed E-state index contributed by atoms with van der Waals surface area (Å²) >= 11 is 0.904. The molecule has 1 aliphatic rings. The Labute approximate surface area is 218 Å². The van der Waals surface area contributed by atoms with Crippen LogP contribution in [-0.2, 0) is 37.6 Å². The Bertz CT molecular complexity index is 1520. The third kappa shape index (κ3) is 4.89. The minimum Gasteiger partial charge on any atom is -0.462 e. The lowest BCUT2D eigenvalue weighted by molar-refractivity contribution is 0.0526. The van der Waals surface area contributed by atoms with E-state index in [1.54, 1.807) is 6.92 Å². The smallest absolute Gasteiger partial charge is 0.341 e. The topological polar surface area (TPSA) is 97.8 Å². The fourth-order valence-corrected chi connectivity index (χ4v) is 10.3. The van der Waals surface area contributed by atoms with Crippen molar-refractivity contribution < 1.29 is 35.1 Å². The highest BCUT2D eigenvalue weighted by Gasteiger charge is 2.43. The minimum atomic E-state index is -4.92. The molecule has 0 bridgehead atoms. The van der Waals surface area contributed by atoms with Gasteiger partial charge in [-0.25, -0.2) is 13.6 Å². The van der Waals surface area contributed by atoms with Gasteiger partial charge < -0.3 is 4.74 Å². The quantitative estimate of drug-likeness (QED) is 0.359. The molecule has 3 aromatic rings. The van der Waals surface area contributed by atoms with Crippen LogP contribution < -0.4 is 3.71 Å². The van der Waals surface area contributed by atoms with Gasteiger partial charge in [0, 0.05) is 4.88 Å². The molecule has 0 unspecified atom stereocenters. The second-order valence-corrected chi connectivity index (χ2v) is 13.5. The van der Waals surface area contributed by atoms with Gasteiger partial charge in [-0.1, -0.05) is 0 Å². The second-order valence-electron chi connectivity index (χ2n) is 8.64. The SMILES string of the molecule is CCOC(=O)c1c(N(S(=O)(=O)c2ccc(F)cc2C)S(=O)(=O)c2ccc(F)cc2C)sc2c1CCCC2. The predicted molar refractivity (Wildman–Crippen MR) is 136 cm³/mol. The largest absolute Gasteiger partial charge is 0.462 e. The summed E-state index contributed by atoms with van der Waals surface area (Å²) in [6.45, 7) is 4.27. The van der Waals surface area contributed by atoms with E-state index in [1.807, 2.05) is 0 Å². The van der Waals surface area contributed by atoms with Crippen molar-refractivity contribution in [3.05, 3.63) is 75.2 Å². The molecule has 4 rings (SSSR count). The van der Waals surface area contributed by atoms with Crippen molar-refractivity contribution in [2.45, 2.75) is 56.2 Å². The summed E-state index contributed by atoms with van der Waals surface area (Å²) in [6.07, 6.45) is 2.54. The predicted octanol–water partition coefficient (Wildman–Crippen LogP) is 5.28. The van der Waals surface area contributed by atoms with Crippen molar-refractivity contribution in [2.75, 3.05) is 10.3 Å². The van der Waals surface area contributed by atoms with E-state index >= 15 is 0 Å². The number of sulfonamides is 2. The third-order valence-electron chi connectivity index (χ3n) is 6.06. The highest BCUT2D eigenvalue weighted by Crippen LogP contribution is 2.45. The molecule has 1 heterocycles. The zero-order chi connectivity index (χ0) is 27.1. The number of rotatable bonds is 7. The van der Waals surface area contributed by atoms with E-state index in [4.69, 9.17) is 4.74 Å². The van der Waals surface area contributed by atoms with Gasteiger partial charge in [0.1, 0.15) is 16.6 Å². The first-order chi connectivity index (χ1) is 17.4. The van der Waals surface area contributed by atoms with Crippen LogP contribution in [0.5, 0.6) is 0 Å². The average molecular weight is 570 g/mol. The van der Waals surface area contributed by atoms with Gasteiger partial charge in [0.05, 0.1) is 22.0 Å². The van der Waals surface area contributed by atoms with Crippen molar-refractivity contribution in [3.63, 3.8) is 0 Å². The number of esters is 1. The zero-order valence-corrected chi connectivity index (χ0v) is 22.8. The third-order valence-corrected chi connectivity index (χ3v) is 12.0. The number of carbonyl (C=O) groups excluding carboxylic acids is 1. The van der Waals surface area contributed by atoms with Crippen molar-refractivity contribution in [3.8, 4) is 0 Å². The summed E-state index contributed by atoms with van der Waals surface area (Å²) in [5.41, 5.74) is 0.407. The maximum atomic E-state index is 14.1. The molecular formula is C25H25F2NO6S3. The number of fused-ring (bicyclic) bond motifs is 1. The van der Waals surface area contributed by atoms with Gasteiger partial charge in [0.25, 0.3) is 20.0 Å². The molecule has 7 nitrogen and oxygen atoms in total. The first-order valence-corrected chi connectivity index (χ1v) is 15.2. The Kier molecular flexibility index (Phi) is 7.46. The molecule has 0 aliphatic heterocycles. The van der Waals surface area contributed by atoms with Crippen molar-refractivity contribution >= 4 is 42.4 Å². The van der Waals surface area contributed by atoms with Gasteiger partial charge in [0.15, 0.2) is 0 Å². The van der Waals surface area contributed by atoms with Crippen LogP contribution >= 0.6 is 11.3 Å². The number of halogens is 2. The van der Waals surface area contributed by atoms with Crippen LogP contribution in [0.2, 0.25) is 0 Å². The molecule has 0 N–H and O–H groups in total. The lowest BCUT2D eigenvalue weighted by Gasteiger charge is -2.25. The maximum Gasteiger partial charge on any atom is 0.341 e. The highest BCUT2D eigenvalue weighted by atomic mass is 32.3. The summed E-state index contributed by atoms with van der Waals surface area (Å²) < 4.78 is 89.6. The van der Waals surface area contributed by atoms with Crippen molar-refractivity contribution in [1.29, 1.82) is 0 Å². The summed E-state index contributed by atoms with van der Waals surface area (Å²) in [5, 5.41) is -0.321. The van der Waals surface area contributed by atoms with Crippen LogP contribution in [0.25, 0.3) is 0 Å². The molecule has 1 aliphatic carbocycles. The number of ether oxygens (including phenoxy) is 1. The fraction of sp³-hybridized carbons (Fsp3) is 0.320. The van der Waals surface area contributed by atoms with Crippen LogP contribution in [0.3, 0.4) is 0 Å². The Hall–Kier alpha value is -2.83. The minimum absolute atomic E-state index is 0.00344. The maximum absolute atomic E-state index is 14.1. The molecule has 12 heteroatoms. The summed E-state index contributed by atoms with van der Waals surface area (Å²) in [7, 11) is -9.83. The molecule has 198 valence electrons. The van der Waals surface area contributed by atoms with Crippen LogP contribution in [0.1, 0.15) is 51.7 Å². The Morgan fingerprint density at radius 3 is 1.92 bits per heavy atom. The number of thiophene rings is 1. The molecule has 0 saturated carbocycles. The number of anilines is 1. The number of carbonyl (C=O) groups is 1. The average Bonchev–Trinajstić information content (AvgIpc) is 3.16. The zero-order valence-electron chi connectivity index (χ0n) is 20.4. The van der Waals surface area contributed by atoms with Crippen LogP contribution in [0, 0.1) is 25.5 Å². The van der Waals surface area contributed by atoms with E-state index < -0.39 is 47.4 Å². The lowest BCUT2D eigenvalue weighted by atomic mass is 9.95. The molecule has 0 radical (unpaired) electrons. The van der Waals surface area contributed by atoms with Gasteiger partial charge in [-0.05, 0) is 99.5 Å². The molecule has 1 aromatic heterocycles. The second kappa shape index (κ2) is 10.1. The summed E-state index contributed by atoms with van der Waals surface area (Å²) in [6, 6.07) is 5.76. The summed E-state index contributed by atoms with van der Waals surface area (Å²) in [4.78, 5) is 12.9. The number of aryl methyl sites for hydroxylation is 3. The Morgan fingerprint density at radius 2 is 1.43 bits per heavy atom.